The summed E-state index contributed by atoms with van der Waals surface area (Å²) in [6.45, 7) is 2.93. The lowest BCUT2D eigenvalue weighted by Gasteiger charge is -2.17. The maximum atomic E-state index is 12.6. The van der Waals surface area contributed by atoms with E-state index in [-0.39, 0.29) is 23.8 Å². The molecule has 8 heteroatoms. The van der Waals surface area contributed by atoms with Crippen LogP contribution in [0.15, 0.2) is 36.5 Å². The van der Waals surface area contributed by atoms with Crippen LogP contribution >= 0.6 is 0 Å². The van der Waals surface area contributed by atoms with E-state index in [1.165, 1.54) is 12.3 Å². The molecule has 0 radical (unpaired) electrons. The highest BCUT2D eigenvalue weighted by Crippen LogP contribution is 2.30. The molecule has 154 valence electrons. The molecule has 29 heavy (non-hydrogen) atoms. The average Bonchev–Trinajstić information content (AvgIpc) is 3.51. The zero-order valence-electron chi connectivity index (χ0n) is 16.2. The van der Waals surface area contributed by atoms with Gasteiger partial charge in [-0.15, -0.1) is 0 Å². The van der Waals surface area contributed by atoms with Crippen molar-refractivity contribution in [2.45, 2.75) is 39.2 Å². The molecule has 0 spiro atoms. The van der Waals surface area contributed by atoms with Gasteiger partial charge in [-0.2, -0.15) is 0 Å². The molecule has 1 unspecified atom stereocenters. The van der Waals surface area contributed by atoms with Gasteiger partial charge < -0.3 is 15.4 Å². The number of alkyl halides is 2. The highest BCUT2D eigenvalue weighted by atomic mass is 19.3. The number of aryl methyl sites for hydroxylation is 1. The number of rotatable bonds is 8. The number of carbonyl (C=O) groups excluding carboxylic acids is 2. The molecule has 3 rings (SSSR count). The molecule has 0 aliphatic heterocycles. The van der Waals surface area contributed by atoms with Gasteiger partial charge in [-0.3, -0.25) is 9.59 Å². The lowest BCUT2D eigenvalue weighted by molar-refractivity contribution is -0.117. The van der Waals surface area contributed by atoms with Gasteiger partial charge in [0.2, 0.25) is 5.91 Å². The zero-order chi connectivity index (χ0) is 21.0. The highest BCUT2D eigenvalue weighted by Gasteiger charge is 2.29. The minimum atomic E-state index is -2.56. The van der Waals surface area contributed by atoms with E-state index in [9.17, 15) is 18.4 Å². The molecule has 6 nitrogen and oxygen atoms in total. The maximum Gasteiger partial charge on any atom is 0.272 e. The van der Waals surface area contributed by atoms with Crippen molar-refractivity contribution in [1.29, 1.82) is 0 Å². The number of hydrogen-bond acceptors (Lipinski definition) is 4. The van der Waals surface area contributed by atoms with Crippen LogP contribution in [0.3, 0.4) is 0 Å². The van der Waals surface area contributed by atoms with Crippen molar-refractivity contribution in [2.75, 3.05) is 11.9 Å². The van der Waals surface area contributed by atoms with Gasteiger partial charge in [-0.1, -0.05) is 6.07 Å². The number of benzene rings is 1. The largest absolute Gasteiger partial charge is 0.488 e. The molecule has 1 aromatic carbocycles. The standard InChI is InChI=1S/C21H23F2N3O3/c1-12-7-16(9-17(8-12)29-11-18(22)23)13(2)25-21(28)15-5-6-24-19(10-15)26-20(27)14-3-4-14/h5-10,13-14,18H,3-4,11H2,1-2H3,(H,25,28)(H,24,26,27). The second kappa shape index (κ2) is 8.98. The van der Waals surface area contributed by atoms with Crippen LogP contribution < -0.4 is 15.4 Å². The van der Waals surface area contributed by atoms with Gasteiger partial charge in [-0.05, 0) is 62.1 Å². The normalized spacial score (nSPS) is 14.4. The second-order valence-electron chi connectivity index (χ2n) is 7.17. The average molecular weight is 403 g/mol. The van der Waals surface area contributed by atoms with Crippen LogP contribution in [0.25, 0.3) is 0 Å². The van der Waals surface area contributed by atoms with Gasteiger partial charge in [0, 0.05) is 17.7 Å². The molecule has 1 saturated carbocycles. The predicted molar refractivity (Wildman–Crippen MR) is 104 cm³/mol. The van der Waals surface area contributed by atoms with E-state index < -0.39 is 13.0 Å². The number of pyridine rings is 1. The molecule has 1 heterocycles. The first kappa shape index (κ1) is 20.7. The number of hydrogen-bond donors (Lipinski definition) is 2. The third-order valence-electron chi connectivity index (χ3n) is 4.52. The SMILES string of the molecule is Cc1cc(OCC(F)F)cc(C(C)NC(=O)c2ccnc(NC(=O)C3CC3)c2)c1. The molecule has 2 aromatic rings. The summed E-state index contributed by atoms with van der Waals surface area (Å²) >= 11 is 0. The Morgan fingerprint density at radius 3 is 2.69 bits per heavy atom. The molecule has 2 N–H and O–H groups in total. The summed E-state index contributed by atoms with van der Waals surface area (Å²) in [4.78, 5) is 28.6. The van der Waals surface area contributed by atoms with E-state index >= 15 is 0 Å². The number of halogens is 2. The summed E-state index contributed by atoms with van der Waals surface area (Å²) in [5, 5.41) is 5.58. The summed E-state index contributed by atoms with van der Waals surface area (Å²) in [7, 11) is 0. The zero-order valence-corrected chi connectivity index (χ0v) is 16.2. The maximum absolute atomic E-state index is 12.6. The Bertz CT molecular complexity index is 900. The van der Waals surface area contributed by atoms with E-state index in [1.807, 2.05) is 13.0 Å². The fraction of sp³-hybridized carbons (Fsp3) is 0.381. The van der Waals surface area contributed by atoms with Crippen molar-refractivity contribution in [3.63, 3.8) is 0 Å². The van der Waals surface area contributed by atoms with Crippen LogP contribution in [0, 0.1) is 12.8 Å². The quantitative estimate of drug-likeness (QED) is 0.701. The van der Waals surface area contributed by atoms with Crippen LogP contribution in [0.4, 0.5) is 14.6 Å². The van der Waals surface area contributed by atoms with E-state index in [0.29, 0.717) is 17.1 Å². The van der Waals surface area contributed by atoms with Crippen molar-refractivity contribution >= 4 is 17.6 Å². The summed E-state index contributed by atoms with van der Waals surface area (Å²) in [6, 6.07) is 7.85. The fourth-order valence-corrected chi connectivity index (χ4v) is 2.85. The van der Waals surface area contributed by atoms with E-state index in [2.05, 4.69) is 15.6 Å². The molecular weight excluding hydrogens is 380 g/mol. The van der Waals surface area contributed by atoms with Crippen molar-refractivity contribution in [1.82, 2.24) is 10.3 Å². The van der Waals surface area contributed by atoms with Crippen molar-refractivity contribution in [3.8, 4) is 5.75 Å². The lowest BCUT2D eigenvalue weighted by Crippen LogP contribution is -2.27. The monoisotopic (exact) mass is 403 g/mol. The smallest absolute Gasteiger partial charge is 0.272 e. The van der Waals surface area contributed by atoms with Gasteiger partial charge in [0.15, 0.2) is 0 Å². The molecule has 0 saturated heterocycles. The minimum Gasteiger partial charge on any atom is -0.488 e. The highest BCUT2D eigenvalue weighted by molar-refractivity contribution is 5.97. The van der Waals surface area contributed by atoms with Crippen LogP contribution in [-0.4, -0.2) is 29.8 Å². The lowest BCUT2D eigenvalue weighted by atomic mass is 10.0. The van der Waals surface area contributed by atoms with Crippen molar-refractivity contribution < 1.29 is 23.1 Å². The Balaban J connectivity index is 1.66. The summed E-state index contributed by atoms with van der Waals surface area (Å²) in [6.07, 6.45) is 0.661. The summed E-state index contributed by atoms with van der Waals surface area (Å²) < 4.78 is 29.9. The van der Waals surface area contributed by atoms with Gasteiger partial charge in [0.1, 0.15) is 18.2 Å². The predicted octanol–water partition coefficient (Wildman–Crippen LogP) is 3.87. The summed E-state index contributed by atoms with van der Waals surface area (Å²) in [5.74, 6) is 0.283. The number of aromatic nitrogens is 1. The van der Waals surface area contributed by atoms with Gasteiger partial charge in [0.25, 0.3) is 12.3 Å². The van der Waals surface area contributed by atoms with Gasteiger partial charge in [-0.25, -0.2) is 13.8 Å². The number of nitrogens with one attached hydrogen (secondary N) is 2. The van der Waals surface area contributed by atoms with Crippen LogP contribution in [-0.2, 0) is 4.79 Å². The van der Waals surface area contributed by atoms with Crippen molar-refractivity contribution in [3.05, 3.63) is 53.2 Å². The van der Waals surface area contributed by atoms with Crippen LogP contribution in [0.5, 0.6) is 5.75 Å². The number of anilines is 1. The third-order valence-corrected chi connectivity index (χ3v) is 4.52. The van der Waals surface area contributed by atoms with Crippen molar-refractivity contribution in [2.24, 2.45) is 5.92 Å². The molecule has 1 aromatic heterocycles. The molecule has 2 amide bonds. The third kappa shape index (κ3) is 5.97. The Morgan fingerprint density at radius 2 is 2.00 bits per heavy atom. The Morgan fingerprint density at radius 1 is 1.24 bits per heavy atom. The van der Waals surface area contributed by atoms with Crippen LogP contribution in [0.1, 0.15) is 47.3 Å². The fourth-order valence-electron chi connectivity index (χ4n) is 2.85. The number of nitrogens with zero attached hydrogens (tertiary/aromatic N) is 1. The van der Waals surface area contributed by atoms with E-state index in [4.69, 9.17) is 4.74 Å². The Kier molecular flexibility index (Phi) is 6.41. The van der Waals surface area contributed by atoms with Gasteiger partial charge in [0.05, 0.1) is 6.04 Å². The minimum absolute atomic E-state index is 0.0390. The Labute approximate surface area is 167 Å². The second-order valence-corrected chi connectivity index (χ2v) is 7.17. The van der Waals surface area contributed by atoms with E-state index in [1.54, 1.807) is 25.1 Å². The number of carbonyl (C=O) groups is 2. The summed E-state index contributed by atoms with van der Waals surface area (Å²) in [5.41, 5.74) is 1.93. The first-order chi connectivity index (χ1) is 13.8. The molecule has 1 aliphatic carbocycles. The van der Waals surface area contributed by atoms with E-state index in [0.717, 1.165) is 24.0 Å². The number of amides is 2. The molecule has 1 atom stereocenters. The molecule has 1 fully saturated rings. The van der Waals surface area contributed by atoms with Crippen LogP contribution in [0.2, 0.25) is 0 Å². The molecular formula is C21H23F2N3O3. The first-order valence-corrected chi connectivity index (χ1v) is 9.42. The first-order valence-electron chi connectivity index (χ1n) is 9.42. The molecule has 1 aliphatic rings. The topological polar surface area (TPSA) is 80.3 Å². The Hall–Kier alpha value is -3.03. The number of ether oxygens (including phenoxy) is 1. The molecule has 0 bridgehead atoms. The van der Waals surface area contributed by atoms with Gasteiger partial charge >= 0.3 is 0 Å².